The first-order chi connectivity index (χ1) is 10.3. The molecule has 21 heavy (non-hydrogen) atoms. The number of nitrogens with zero attached hydrogens (tertiary/aromatic N) is 4. The van der Waals surface area contributed by atoms with Crippen molar-refractivity contribution in [2.24, 2.45) is 0 Å². The van der Waals surface area contributed by atoms with E-state index in [4.69, 9.17) is 4.74 Å². The van der Waals surface area contributed by atoms with Crippen LogP contribution in [0.4, 0.5) is 0 Å². The summed E-state index contributed by atoms with van der Waals surface area (Å²) in [6, 6.07) is 3.56. The van der Waals surface area contributed by atoms with Crippen LogP contribution < -0.4 is 0 Å². The van der Waals surface area contributed by atoms with Gasteiger partial charge in [-0.25, -0.2) is 0 Å². The predicted octanol–water partition coefficient (Wildman–Crippen LogP) is 1.51. The molecular weight excluding hydrogens is 268 g/mol. The van der Waals surface area contributed by atoms with Crippen molar-refractivity contribution in [2.75, 3.05) is 19.7 Å². The second kappa shape index (κ2) is 6.05. The fourth-order valence-corrected chi connectivity index (χ4v) is 2.43. The highest BCUT2D eigenvalue weighted by Gasteiger charge is 2.26. The molecule has 110 valence electrons. The number of amides is 1. The number of aryl methyl sites for hydroxylation is 1. The summed E-state index contributed by atoms with van der Waals surface area (Å²) in [5, 5.41) is 4.26. The topological polar surface area (TPSA) is 60.2 Å². The molecule has 0 aliphatic carbocycles. The highest BCUT2D eigenvalue weighted by atomic mass is 16.5. The lowest BCUT2D eigenvalue weighted by molar-refractivity contribution is -0.0228. The molecule has 0 spiro atoms. The Kier molecular flexibility index (Phi) is 3.96. The van der Waals surface area contributed by atoms with Gasteiger partial charge in [-0.1, -0.05) is 0 Å². The van der Waals surface area contributed by atoms with Crippen molar-refractivity contribution in [1.82, 2.24) is 19.7 Å². The van der Waals surface area contributed by atoms with E-state index in [0.717, 1.165) is 12.1 Å². The molecule has 6 heteroatoms. The molecule has 3 rings (SSSR count). The second-order valence-electron chi connectivity index (χ2n) is 4.98. The van der Waals surface area contributed by atoms with E-state index in [1.54, 1.807) is 24.5 Å². The SMILES string of the molecule is CCn1cc(C2CN(C(=O)c3cccnc3)CCO2)cn1. The summed E-state index contributed by atoms with van der Waals surface area (Å²) in [4.78, 5) is 18.3. The van der Waals surface area contributed by atoms with Gasteiger partial charge in [0.05, 0.1) is 24.9 Å². The molecule has 1 atom stereocenters. The van der Waals surface area contributed by atoms with Crippen molar-refractivity contribution in [3.8, 4) is 0 Å². The van der Waals surface area contributed by atoms with Gasteiger partial charge in [-0.15, -0.1) is 0 Å². The summed E-state index contributed by atoms with van der Waals surface area (Å²) in [6.07, 6.45) is 6.94. The second-order valence-corrected chi connectivity index (χ2v) is 4.98. The van der Waals surface area contributed by atoms with Crippen molar-refractivity contribution in [2.45, 2.75) is 19.6 Å². The molecule has 2 aromatic rings. The van der Waals surface area contributed by atoms with Gasteiger partial charge >= 0.3 is 0 Å². The van der Waals surface area contributed by atoms with Crippen molar-refractivity contribution in [1.29, 1.82) is 0 Å². The Balaban J connectivity index is 1.72. The average molecular weight is 286 g/mol. The van der Waals surface area contributed by atoms with Gasteiger partial charge < -0.3 is 9.64 Å². The molecule has 0 N–H and O–H groups in total. The van der Waals surface area contributed by atoms with Gasteiger partial charge in [-0.05, 0) is 19.1 Å². The number of carbonyl (C=O) groups excluding carboxylic acids is 1. The third-order valence-corrected chi connectivity index (χ3v) is 3.61. The summed E-state index contributed by atoms with van der Waals surface area (Å²) < 4.78 is 7.64. The number of pyridine rings is 1. The van der Waals surface area contributed by atoms with Gasteiger partial charge in [0.15, 0.2) is 0 Å². The van der Waals surface area contributed by atoms with Gasteiger partial charge in [0.1, 0.15) is 6.10 Å². The molecule has 1 aliphatic heterocycles. The molecule has 1 fully saturated rings. The van der Waals surface area contributed by atoms with Gasteiger partial charge in [-0.3, -0.25) is 14.5 Å². The minimum Gasteiger partial charge on any atom is -0.370 e. The van der Waals surface area contributed by atoms with Gasteiger partial charge in [0.2, 0.25) is 0 Å². The Morgan fingerprint density at radius 2 is 2.38 bits per heavy atom. The molecule has 1 aliphatic rings. The smallest absolute Gasteiger partial charge is 0.255 e. The van der Waals surface area contributed by atoms with E-state index in [9.17, 15) is 4.79 Å². The maximum absolute atomic E-state index is 12.4. The molecule has 3 heterocycles. The van der Waals surface area contributed by atoms with Crippen LogP contribution in [0.15, 0.2) is 36.9 Å². The third kappa shape index (κ3) is 2.95. The van der Waals surface area contributed by atoms with E-state index in [1.165, 1.54) is 0 Å². The zero-order valence-electron chi connectivity index (χ0n) is 12.0. The van der Waals surface area contributed by atoms with Crippen LogP contribution in [0.5, 0.6) is 0 Å². The molecule has 1 amide bonds. The first kappa shape index (κ1) is 13.8. The van der Waals surface area contributed by atoms with E-state index < -0.39 is 0 Å². The molecule has 1 unspecified atom stereocenters. The van der Waals surface area contributed by atoms with Crippen LogP contribution in [0, 0.1) is 0 Å². The Morgan fingerprint density at radius 3 is 3.10 bits per heavy atom. The fraction of sp³-hybridized carbons (Fsp3) is 0.400. The Morgan fingerprint density at radius 1 is 1.48 bits per heavy atom. The Hall–Kier alpha value is -2.21. The number of ether oxygens (including phenoxy) is 1. The van der Waals surface area contributed by atoms with Crippen molar-refractivity contribution >= 4 is 5.91 Å². The number of morpholine rings is 1. The maximum Gasteiger partial charge on any atom is 0.255 e. The molecular formula is C15H18N4O2. The van der Waals surface area contributed by atoms with Crippen molar-refractivity contribution in [3.05, 3.63) is 48.0 Å². The van der Waals surface area contributed by atoms with Crippen LogP contribution in [0.2, 0.25) is 0 Å². The van der Waals surface area contributed by atoms with Crippen LogP contribution in [0.25, 0.3) is 0 Å². The minimum absolute atomic E-state index is 0.000664. The van der Waals surface area contributed by atoms with E-state index in [2.05, 4.69) is 10.1 Å². The highest BCUT2D eigenvalue weighted by Crippen LogP contribution is 2.22. The van der Waals surface area contributed by atoms with Gasteiger partial charge in [0.25, 0.3) is 5.91 Å². The molecule has 6 nitrogen and oxygen atoms in total. The molecule has 0 bridgehead atoms. The van der Waals surface area contributed by atoms with Crippen LogP contribution in [0.3, 0.4) is 0 Å². The van der Waals surface area contributed by atoms with Crippen molar-refractivity contribution < 1.29 is 9.53 Å². The Labute approximate surface area is 123 Å². The van der Waals surface area contributed by atoms with Crippen molar-refractivity contribution in [3.63, 3.8) is 0 Å². The Bertz CT molecular complexity index is 611. The molecule has 0 aromatic carbocycles. The fourth-order valence-electron chi connectivity index (χ4n) is 2.43. The monoisotopic (exact) mass is 286 g/mol. The third-order valence-electron chi connectivity index (χ3n) is 3.61. The first-order valence-corrected chi connectivity index (χ1v) is 7.11. The summed E-state index contributed by atoms with van der Waals surface area (Å²) in [6.45, 7) is 4.55. The summed E-state index contributed by atoms with van der Waals surface area (Å²) >= 11 is 0. The number of hydrogen-bond donors (Lipinski definition) is 0. The number of aromatic nitrogens is 3. The summed E-state index contributed by atoms with van der Waals surface area (Å²) in [7, 11) is 0. The van der Waals surface area contributed by atoms with E-state index in [-0.39, 0.29) is 12.0 Å². The summed E-state index contributed by atoms with van der Waals surface area (Å²) in [5.41, 5.74) is 1.63. The van der Waals surface area contributed by atoms with E-state index in [1.807, 2.05) is 28.9 Å². The first-order valence-electron chi connectivity index (χ1n) is 7.11. The predicted molar refractivity (Wildman–Crippen MR) is 76.7 cm³/mol. The highest BCUT2D eigenvalue weighted by molar-refractivity contribution is 5.93. The van der Waals surface area contributed by atoms with Gasteiger partial charge in [-0.2, -0.15) is 5.10 Å². The van der Waals surface area contributed by atoms with Crippen LogP contribution in [0.1, 0.15) is 28.9 Å². The number of hydrogen-bond acceptors (Lipinski definition) is 4. The number of rotatable bonds is 3. The lowest BCUT2D eigenvalue weighted by Crippen LogP contribution is -2.42. The molecule has 1 saturated heterocycles. The van der Waals surface area contributed by atoms with Crippen LogP contribution in [-0.4, -0.2) is 45.3 Å². The largest absolute Gasteiger partial charge is 0.370 e. The summed E-state index contributed by atoms with van der Waals surface area (Å²) in [5.74, 6) is -0.000664. The lowest BCUT2D eigenvalue weighted by Gasteiger charge is -2.32. The van der Waals surface area contributed by atoms with E-state index in [0.29, 0.717) is 25.3 Å². The minimum atomic E-state index is -0.111. The molecule has 2 aromatic heterocycles. The zero-order chi connectivity index (χ0) is 14.7. The standard InChI is InChI=1S/C15H18N4O2/c1-2-19-10-13(9-17-19)14-11-18(6-7-21-14)15(20)12-4-3-5-16-8-12/h3-5,8-10,14H,2,6-7,11H2,1H3. The van der Waals surface area contributed by atoms with Gasteiger partial charge in [0, 0.05) is 37.2 Å². The van der Waals surface area contributed by atoms with Crippen LogP contribution >= 0.6 is 0 Å². The maximum atomic E-state index is 12.4. The molecule has 0 saturated carbocycles. The van der Waals surface area contributed by atoms with E-state index >= 15 is 0 Å². The molecule has 0 radical (unpaired) electrons. The zero-order valence-corrected chi connectivity index (χ0v) is 12.0. The lowest BCUT2D eigenvalue weighted by atomic mass is 10.1. The number of carbonyl (C=O) groups is 1. The quantitative estimate of drug-likeness (QED) is 0.858. The normalized spacial score (nSPS) is 18.7. The van der Waals surface area contributed by atoms with Crippen LogP contribution in [-0.2, 0) is 11.3 Å². The average Bonchev–Trinajstić information content (AvgIpc) is 3.04.